The zero-order chi connectivity index (χ0) is 18.5. The zero-order valence-corrected chi connectivity index (χ0v) is 15.5. The van der Waals surface area contributed by atoms with Crippen molar-refractivity contribution in [2.75, 3.05) is 5.73 Å². The smallest absolute Gasteiger partial charge is 0.166 e. The summed E-state index contributed by atoms with van der Waals surface area (Å²) in [6, 6.07) is 9.69. The molecule has 0 unspecified atom stereocenters. The van der Waals surface area contributed by atoms with Crippen molar-refractivity contribution >= 4 is 17.0 Å². The highest BCUT2D eigenvalue weighted by molar-refractivity contribution is 5.83. The van der Waals surface area contributed by atoms with E-state index < -0.39 is 6.10 Å². The second-order valence-corrected chi connectivity index (χ2v) is 6.78. The Balaban J connectivity index is 1.98. The Morgan fingerprint density at radius 2 is 1.88 bits per heavy atom. The number of aromatic nitrogens is 4. The second-order valence-electron chi connectivity index (χ2n) is 6.78. The molecule has 3 aromatic rings. The van der Waals surface area contributed by atoms with Gasteiger partial charge in [0.1, 0.15) is 5.52 Å². The van der Waals surface area contributed by atoms with Gasteiger partial charge in [0.15, 0.2) is 17.3 Å². The largest absolute Gasteiger partial charge is 0.391 e. The fourth-order valence-corrected chi connectivity index (χ4v) is 3.29. The van der Waals surface area contributed by atoms with Crippen molar-refractivity contribution in [3.8, 4) is 11.4 Å². The number of aliphatic hydroxyl groups is 1. The van der Waals surface area contributed by atoms with E-state index in [1.165, 1.54) is 19.3 Å². The molecule has 0 aliphatic rings. The lowest BCUT2D eigenvalue weighted by molar-refractivity contribution is 0.124. The molecule has 3 rings (SSSR count). The van der Waals surface area contributed by atoms with E-state index in [9.17, 15) is 5.11 Å². The summed E-state index contributed by atoms with van der Waals surface area (Å²) in [4.78, 5) is 13.5. The topological polar surface area (TPSA) is 89.8 Å². The molecular weight excluding hydrogens is 326 g/mol. The Hall–Kier alpha value is -2.47. The lowest BCUT2D eigenvalue weighted by Crippen LogP contribution is -2.21. The van der Waals surface area contributed by atoms with Crippen molar-refractivity contribution in [2.24, 2.45) is 0 Å². The van der Waals surface area contributed by atoms with Crippen molar-refractivity contribution in [2.45, 2.75) is 58.1 Å². The minimum absolute atomic E-state index is 0.0743. The molecule has 0 saturated carbocycles. The normalized spacial score (nSPS) is 13.8. The van der Waals surface area contributed by atoms with Crippen LogP contribution in [0, 0.1) is 0 Å². The van der Waals surface area contributed by atoms with Gasteiger partial charge in [0.2, 0.25) is 0 Å². The van der Waals surface area contributed by atoms with Crippen LogP contribution in [0.1, 0.15) is 52.0 Å². The van der Waals surface area contributed by atoms with Crippen LogP contribution in [0.25, 0.3) is 22.6 Å². The first-order chi connectivity index (χ1) is 12.6. The Labute approximate surface area is 154 Å². The quantitative estimate of drug-likeness (QED) is 0.598. The number of aliphatic hydroxyl groups excluding tert-OH is 1. The molecule has 138 valence electrons. The van der Waals surface area contributed by atoms with Gasteiger partial charge in [0, 0.05) is 5.56 Å². The maximum Gasteiger partial charge on any atom is 0.166 e. The summed E-state index contributed by atoms with van der Waals surface area (Å²) in [5.41, 5.74) is 8.31. The molecule has 3 N–H and O–H groups in total. The molecular formula is C20H27N5O. The average molecular weight is 353 g/mol. The first kappa shape index (κ1) is 18.3. The number of hydrogen-bond acceptors (Lipinski definition) is 5. The summed E-state index contributed by atoms with van der Waals surface area (Å²) in [7, 11) is 0. The van der Waals surface area contributed by atoms with Gasteiger partial charge in [-0.2, -0.15) is 0 Å². The Kier molecular flexibility index (Phi) is 5.83. The number of hydrogen-bond donors (Lipinski definition) is 2. The molecule has 2 aromatic heterocycles. The highest BCUT2D eigenvalue weighted by Crippen LogP contribution is 2.28. The van der Waals surface area contributed by atoms with E-state index in [0.717, 1.165) is 18.4 Å². The highest BCUT2D eigenvalue weighted by Gasteiger charge is 2.21. The molecule has 6 heteroatoms. The molecule has 0 amide bonds. The summed E-state index contributed by atoms with van der Waals surface area (Å²) in [6.45, 7) is 4.01. The third-order valence-electron chi connectivity index (χ3n) is 4.75. The van der Waals surface area contributed by atoms with E-state index >= 15 is 0 Å². The number of anilines is 1. The molecule has 0 saturated heterocycles. The third-order valence-corrected chi connectivity index (χ3v) is 4.75. The van der Waals surface area contributed by atoms with Crippen LogP contribution in [0.4, 0.5) is 5.82 Å². The summed E-state index contributed by atoms with van der Waals surface area (Å²) in [5.74, 6) is 0.940. The maximum atomic E-state index is 10.3. The van der Waals surface area contributed by atoms with Crippen LogP contribution in [0.3, 0.4) is 0 Å². The van der Waals surface area contributed by atoms with E-state index in [4.69, 9.17) is 10.7 Å². The standard InChI is InChI=1S/C20H27N5O/c1-3-4-5-9-12-16(14(2)26)25-13-22-17-18(21)23-19(24-20(17)25)15-10-7-6-8-11-15/h6-8,10-11,13-14,16,26H,3-5,9,12H2,1-2H3,(H2,21,23,24)/t14-,16-/m0/s1. The Morgan fingerprint density at radius 1 is 1.12 bits per heavy atom. The van der Waals surface area contributed by atoms with Crippen molar-refractivity contribution in [3.63, 3.8) is 0 Å². The van der Waals surface area contributed by atoms with Gasteiger partial charge < -0.3 is 15.4 Å². The van der Waals surface area contributed by atoms with Crippen molar-refractivity contribution in [3.05, 3.63) is 36.7 Å². The number of unbranched alkanes of at least 4 members (excludes halogenated alkanes) is 3. The molecule has 0 aliphatic carbocycles. The first-order valence-electron chi connectivity index (χ1n) is 9.35. The van der Waals surface area contributed by atoms with Gasteiger partial charge in [-0.15, -0.1) is 0 Å². The second kappa shape index (κ2) is 8.27. The lowest BCUT2D eigenvalue weighted by atomic mass is 10.0. The van der Waals surface area contributed by atoms with Gasteiger partial charge in [-0.3, -0.25) is 0 Å². The van der Waals surface area contributed by atoms with Gasteiger partial charge in [-0.05, 0) is 13.3 Å². The molecule has 0 bridgehead atoms. The number of nitrogens with two attached hydrogens (primary N) is 1. The number of rotatable bonds is 8. The van der Waals surface area contributed by atoms with E-state index in [-0.39, 0.29) is 6.04 Å². The van der Waals surface area contributed by atoms with Gasteiger partial charge in [0.25, 0.3) is 0 Å². The molecule has 2 atom stereocenters. The fraction of sp³-hybridized carbons (Fsp3) is 0.450. The van der Waals surface area contributed by atoms with Crippen molar-refractivity contribution in [1.82, 2.24) is 19.5 Å². The molecule has 2 heterocycles. The summed E-state index contributed by atoms with van der Waals surface area (Å²) in [5, 5.41) is 10.3. The summed E-state index contributed by atoms with van der Waals surface area (Å²) in [6.07, 6.45) is 6.75. The fourth-order valence-electron chi connectivity index (χ4n) is 3.29. The average Bonchev–Trinajstić information content (AvgIpc) is 3.06. The van der Waals surface area contributed by atoms with Crippen LogP contribution in [0.2, 0.25) is 0 Å². The van der Waals surface area contributed by atoms with Gasteiger partial charge in [0.05, 0.1) is 18.5 Å². The molecule has 0 radical (unpaired) electrons. The van der Waals surface area contributed by atoms with Crippen LogP contribution in [0.5, 0.6) is 0 Å². The molecule has 6 nitrogen and oxygen atoms in total. The van der Waals surface area contributed by atoms with Gasteiger partial charge in [-0.1, -0.05) is 62.9 Å². The minimum atomic E-state index is -0.495. The van der Waals surface area contributed by atoms with Gasteiger partial charge in [-0.25, -0.2) is 15.0 Å². The summed E-state index contributed by atoms with van der Waals surface area (Å²) >= 11 is 0. The van der Waals surface area contributed by atoms with Gasteiger partial charge >= 0.3 is 0 Å². The number of benzene rings is 1. The molecule has 0 fully saturated rings. The number of nitrogens with zero attached hydrogens (tertiary/aromatic N) is 4. The zero-order valence-electron chi connectivity index (χ0n) is 15.5. The predicted molar refractivity (Wildman–Crippen MR) is 105 cm³/mol. The van der Waals surface area contributed by atoms with E-state index in [1.54, 1.807) is 6.33 Å². The molecule has 1 aromatic carbocycles. The number of fused-ring (bicyclic) bond motifs is 1. The Bertz CT molecular complexity index is 844. The van der Waals surface area contributed by atoms with Crippen LogP contribution >= 0.6 is 0 Å². The van der Waals surface area contributed by atoms with Crippen molar-refractivity contribution in [1.29, 1.82) is 0 Å². The predicted octanol–water partition coefficient (Wildman–Crippen LogP) is 3.97. The van der Waals surface area contributed by atoms with E-state index in [1.807, 2.05) is 41.8 Å². The monoisotopic (exact) mass is 353 g/mol. The summed E-state index contributed by atoms with van der Waals surface area (Å²) < 4.78 is 1.95. The first-order valence-corrected chi connectivity index (χ1v) is 9.35. The highest BCUT2D eigenvalue weighted by atomic mass is 16.3. The SMILES string of the molecule is CCCCCC[C@@H]([C@H](C)O)n1cnc2c(N)nc(-c3ccccc3)nc21. The van der Waals surface area contributed by atoms with E-state index in [2.05, 4.69) is 16.9 Å². The molecule has 0 aliphatic heterocycles. The lowest BCUT2D eigenvalue weighted by Gasteiger charge is -2.22. The van der Waals surface area contributed by atoms with Crippen LogP contribution in [-0.4, -0.2) is 30.7 Å². The minimum Gasteiger partial charge on any atom is -0.391 e. The Morgan fingerprint density at radius 3 is 2.58 bits per heavy atom. The van der Waals surface area contributed by atoms with Crippen molar-refractivity contribution < 1.29 is 5.11 Å². The maximum absolute atomic E-state index is 10.3. The molecule has 0 spiro atoms. The van der Waals surface area contributed by atoms with Crippen LogP contribution < -0.4 is 5.73 Å². The number of nitrogen functional groups attached to an aromatic ring is 1. The number of imidazole rings is 1. The van der Waals surface area contributed by atoms with Crippen LogP contribution in [0.15, 0.2) is 36.7 Å². The van der Waals surface area contributed by atoms with Crippen LogP contribution in [-0.2, 0) is 0 Å². The van der Waals surface area contributed by atoms with E-state index in [0.29, 0.717) is 22.8 Å². The molecule has 26 heavy (non-hydrogen) atoms. The third kappa shape index (κ3) is 3.85.